The number of hydrogen-bond acceptors (Lipinski definition) is 5. The van der Waals surface area contributed by atoms with E-state index in [1.807, 2.05) is 6.07 Å². The second kappa shape index (κ2) is 5.77. The van der Waals surface area contributed by atoms with Crippen molar-refractivity contribution in [3.05, 3.63) is 53.1 Å². The molecule has 1 unspecified atom stereocenters. The summed E-state index contributed by atoms with van der Waals surface area (Å²) in [6, 6.07) is 6.69. The van der Waals surface area contributed by atoms with Crippen LogP contribution in [0.3, 0.4) is 0 Å². The molecule has 2 heterocycles. The fraction of sp³-hybridized carbons (Fsp3) is 0.167. The van der Waals surface area contributed by atoms with Gasteiger partial charge in [-0.25, -0.2) is 5.43 Å². The lowest BCUT2D eigenvalue weighted by Crippen LogP contribution is -2.30. The average Bonchev–Trinajstić information content (AvgIpc) is 2.42. The second-order valence-electron chi connectivity index (χ2n) is 3.56. The fourth-order valence-electron chi connectivity index (χ4n) is 1.69. The van der Waals surface area contributed by atoms with Crippen LogP contribution in [0.4, 0.5) is 0 Å². The molecule has 0 saturated carbocycles. The molecule has 0 fully saturated rings. The molecule has 0 aliphatic heterocycles. The van der Waals surface area contributed by atoms with Crippen molar-refractivity contribution >= 4 is 11.6 Å². The summed E-state index contributed by atoms with van der Waals surface area (Å²) in [6.07, 6.45) is 3.32. The van der Waals surface area contributed by atoms with Crippen LogP contribution in [0.5, 0.6) is 5.75 Å². The highest BCUT2D eigenvalue weighted by atomic mass is 35.5. The highest BCUT2D eigenvalue weighted by Crippen LogP contribution is 2.29. The Labute approximate surface area is 110 Å². The number of nitrogens with zero attached hydrogens (tertiary/aromatic N) is 2. The van der Waals surface area contributed by atoms with Gasteiger partial charge in [-0.2, -0.15) is 0 Å². The van der Waals surface area contributed by atoms with Gasteiger partial charge in [0.15, 0.2) is 0 Å². The molecule has 2 aromatic rings. The molecule has 3 N–H and O–H groups in total. The molecule has 0 amide bonds. The molecule has 0 aromatic carbocycles. The van der Waals surface area contributed by atoms with Gasteiger partial charge >= 0.3 is 0 Å². The zero-order chi connectivity index (χ0) is 13.0. The summed E-state index contributed by atoms with van der Waals surface area (Å²) in [5.41, 5.74) is 3.91. The zero-order valence-electron chi connectivity index (χ0n) is 9.80. The SMILES string of the molecule is COc1cccnc1C(NN)c1ncccc1Cl. The van der Waals surface area contributed by atoms with E-state index in [-0.39, 0.29) is 0 Å². The van der Waals surface area contributed by atoms with Crippen molar-refractivity contribution in [3.8, 4) is 5.75 Å². The molecule has 2 aromatic heterocycles. The first-order valence-corrected chi connectivity index (χ1v) is 5.71. The van der Waals surface area contributed by atoms with Gasteiger partial charge in [-0.05, 0) is 24.3 Å². The third-order valence-electron chi connectivity index (χ3n) is 2.52. The minimum atomic E-state index is -0.421. The molecule has 0 saturated heterocycles. The molecule has 0 bridgehead atoms. The third kappa shape index (κ3) is 2.43. The Bertz CT molecular complexity index is 535. The van der Waals surface area contributed by atoms with E-state index >= 15 is 0 Å². The molecule has 1 atom stereocenters. The highest BCUT2D eigenvalue weighted by molar-refractivity contribution is 6.31. The normalized spacial score (nSPS) is 12.2. The van der Waals surface area contributed by atoms with Crippen molar-refractivity contribution in [1.29, 1.82) is 0 Å². The Morgan fingerprint density at radius 3 is 2.50 bits per heavy atom. The first-order valence-electron chi connectivity index (χ1n) is 5.33. The van der Waals surface area contributed by atoms with Gasteiger partial charge in [0, 0.05) is 12.4 Å². The maximum atomic E-state index is 6.12. The van der Waals surface area contributed by atoms with E-state index in [9.17, 15) is 0 Å². The number of methoxy groups -OCH3 is 1. The summed E-state index contributed by atoms with van der Waals surface area (Å²) in [4.78, 5) is 8.50. The van der Waals surface area contributed by atoms with Gasteiger partial charge in [0.1, 0.15) is 17.5 Å². The van der Waals surface area contributed by atoms with E-state index in [0.29, 0.717) is 22.2 Å². The van der Waals surface area contributed by atoms with Crippen molar-refractivity contribution < 1.29 is 4.74 Å². The molecule has 0 aliphatic rings. The van der Waals surface area contributed by atoms with Crippen molar-refractivity contribution in [3.63, 3.8) is 0 Å². The largest absolute Gasteiger partial charge is 0.495 e. The number of nitrogens with two attached hydrogens (primary N) is 1. The summed E-state index contributed by atoms with van der Waals surface area (Å²) in [5.74, 6) is 6.21. The summed E-state index contributed by atoms with van der Waals surface area (Å²) in [5, 5.41) is 0.521. The number of aromatic nitrogens is 2. The summed E-state index contributed by atoms with van der Waals surface area (Å²) >= 11 is 6.12. The van der Waals surface area contributed by atoms with Gasteiger partial charge in [0.05, 0.1) is 17.8 Å². The second-order valence-corrected chi connectivity index (χ2v) is 3.97. The molecule has 0 radical (unpaired) electrons. The van der Waals surface area contributed by atoms with Gasteiger partial charge in [-0.3, -0.25) is 15.8 Å². The maximum Gasteiger partial charge on any atom is 0.142 e. The van der Waals surface area contributed by atoms with Crippen LogP contribution in [0.1, 0.15) is 17.4 Å². The van der Waals surface area contributed by atoms with Crippen LogP contribution >= 0.6 is 11.6 Å². The Kier molecular flexibility index (Phi) is 4.09. The summed E-state index contributed by atoms with van der Waals surface area (Å²) < 4.78 is 5.26. The van der Waals surface area contributed by atoms with E-state index in [4.69, 9.17) is 22.2 Å². The highest BCUT2D eigenvalue weighted by Gasteiger charge is 2.21. The molecular formula is C12H13ClN4O. The lowest BCUT2D eigenvalue weighted by Gasteiger charge is -2.18. The Morgan fingerprint density at radius 1 is 1.22 bits per heavy atom. The maximum absolute atomic E-state index is 6.12. The predicted octanol–water partition coefficient (Wildman–Crippen LogP) is 1.69. The number of hydrazine groups is 1. The van der Waals surface area contributed by atoms with E-state index in [0.717, 1.165) is 0 Å². The van der Waals surface area contributed by atoms with Crippen LogP contribution in [0.2, 0.25) is 5.02 Å². The minimum Gasteiger partial charge on any atom is -0.495 e. The Balaban J connectivity index is 2.49. The molecule has 0 aliphatic carbocycles. The molecule has 6 heteroatoms. The lowest BCUT2D eigenvalue weighted by atomic mass is 10.1. The van der Waals surface area contributed by atoms with Gasteiger partial charge in [0.25, 0.3) is 0 Å². The van der Waals surface area contributed by atoms with Gasteiger partial charge in [-0.15, -0.1) is 0 Å². The van der Waals surface area contributed by atoms with Crippen LogP contribution in [0.15, 0.2) is 36.7 Å². The standard InChI is InChI=1S/C12H13ClN4O/c1-18-9-5-3-7-16-11(9)12(17-14)10-8(13)4-2-6-15-10/h2-7,12,17H,14H2,1H3. The van der Waals surface area contributed by atoms with Crippen LogP contribution in [0, 0.1) is 0 Å². The molecule has 18 heavy (non-hydrogen) atoms. The van der Waals surface area contributed by atoms with Gasteiger partial charge in [-0.1, -0.05) is 11.6 Å². The number of nitrogens with one attached hydrogen (secondary N) is 1. The molecule has 5 nitrogen and oxygen atoms in total. The smallest absolute Gasteiger partial charge is 0.142 e. The van der Waals surface area contributed by atoms with Crippen LogP contribution in [0.25, 0.3) is 0 Å². The van der Waals surface area contributed by atoms with E-state index in [1.54, 1.807) is 37.7 Å². The van der Waals surface area contributed by atoms with E-state index in [1.165, 1.54) is 0 Å². The number of rotatable bonds is 4. The lowest BCUT2D eigenvalue weighted by molar-refractivity contribution is 0.399. The molecule has 0 spiro atoms. The Hall–Kier alpha value is -1.69. The average molecular weight is 265 g/mol. The molecule has 2 rings (SSSR count). The number of pyridine rings is 2. The Morgan fingerprint density at radius 2 is 1.89 bits per heavy atom. The zero-order valence-corrected chi connectivity index (χ0v) is 10.6. The third-order valence-corrected chi connectivity index (χ3v) is 2.84. The fourth-order valence-corrected chi connectivity index (χ4v) is 1.92. The van der Waals surface area contributed by atoms with E-state index < -0.39 is 6.04 Å². The summed E-state index contributed by atoms with van der Waals surface area (Å²) in [7, 11) is 1.58. The first-order chi connectivity index (χ1) is 8.77. The summed E-state index contributed by atoms with van der Waals surface area (Å²) in [6.45, 7) is 0. The molecule has 94 valence electrons. The quantitative estimate of drug-likeness (QED) is 0.649. The monoisotopic (exact) mass is 264 g/mol. The number of halogens is 1. The van der Waals surface area contributed by atoms with Crippen LogP contribution in [-0.2, 0) is 0 Å². The van der Waals surface area contributed by atoms with E-state index in [2.05, 4.69) is 15.4 Å². The van der Waals surface area contributed by atoms with Crippen LogP contribution < -0.4 is 16.0 Å². The van der Waals surface area contributed by atoms with Crippen molar-refractivity contribution in [2.24, 2.45) is 5.84 Å². The van der Waals surface area contributed by atoms with Crippen molar-refractivity contribution in [2.45, 2.75) is 6.04 Å². The van der Waals surface area contributed by atoms with Gasteiger partial charge < -0.3 is 4.74 Å². The predicted molar refractivity (Wildman–Crippen MR) is 69.2 cm³/mol. The topological polar surface area (TPSA) is 73.1 Å². The number of hydrogen-bond donors (Lipinski definition) is 2. The minimum absolute atomic E-state index is 0.421. The van der Waals surface area contributed by atoms with Crippen molar-refractivity contribution in [1.82, 2.24) is 15.4 Å². The molecular weight excluding hydrogens is 252 g/mol. The first kappa shape index (κ1) is 12.8. The van der Waals surface area contributed by atoms with Gasteiger partial charge in [0.2, 0.25) is 0 Å². The van der Waals surface area contributed by atoms with Crippen molar-refractivity contribution in [2.75, 3.05) is 7.11 Å². The van der Waals surface area contributed by atoms with Crippen LogP contribution in [-0.4, -0.2) is 17.1 Å². The number of ether oxygens (including phenoxy) is 1.